The van der Waals surface area contributed by atoms with Crippen molar-refractivity contribution in [1.29, 1.82) is 0 Å². The standard InChI is InChI=1S/C10H18O2/c1-6-8(9(11)12)7(2)10(3,4)5/h6H2,1-5H3,(H,11,12)/b8-7-. The SMILES string of the molecule is CC/C(C(=O)O)=C(\C)C(C)(C)C. The molecule has 0 aliphatic carbocycles. The zero-order valence-electron chi connectivity index (χ0n) is 8.56. The van der Waals surface area contributed by atoms with Gasteiger partial charge in [-0.1, -0.05) is 33.3 Å². The number of rotatable bonds is 2. The summed E-state index contributed by atoms with van der Waals surface area (Å²) in [6.45, 7) is 9.86. The molecule has 1 N–H and O–H groups in total. The maximum atomic E-state index is 10.8. The summed E-state index contributed by atoms with van der Waals surface area (Å²) in [5.74, 6) is -0.787. The summed E-state index contributed by atoms with van der Waals surface area (Å²) in [6, 6.07) is 0. The third-order valence-corrected chi connectivity index (χ3v) is 2.19. The number of allylic oxidation sites excluding steroid dienone is 1. The fraction of sp³-hybridized carbons (Fsp3) is 0.700. The first-order valence-corrected chi connectivity index (χ1v) is 4.24. The molecule has 0 aromatic carbocycles. The number of carboxylic acid groups (broad SMARTS) is 1. The Morgan fingerprint density at radius 3 is 1.83 bits per heavy atom. The second kappa shape index (κ2) is 3.74. The van der Waals surface area contributed by atoms with Gasteiger partial charge in [0, 0.05) is 5.57 Å². The van der Waals surface area contributed by atoms with E-state index in [0.29, 0.717) is 12.0 Å². The highest BCUT2D eigenvalue weighted by Crippen LogP contribution is 2.28. The van der Waals surface area contributed by atoms with E-state index in [4.69, 9.17) is 5.11 Å². The highest BCUT2D eigenvalue weighted by atomic mass is 16.4. The van der Waals surface area contributed by atoms with Crippen molar-refractivity contribution in [1.82, 2.24) is 0 Å². The van der Waals surface area contributed by atoms with E-state index in [-0.39, 0.29) is 5.41 Å². The molecule has 0 radical (unpaired) electrons. The summed E-state index contributed by atoms with van der Waals surface area (Å²) in [5, 5.41) is 8.85. The normalized spacial score (nSPS) is 14.1. The molecule has 0 heterocycles. The third-order valence-electron chi connectivity index (χ3n) is 2.19. The summed E-state index contributed by atoms with van der Waals surface area (Å²) >= 11 is 0. The molecule has 0 amide bonds. The predicted molar refractivity (Wildman–Crippen MR) is 50.1 cm³/mol. The van der Waals surface area contributed by atoms with Crippen molar-refractivity contribution in [2.45, 2.75) is 41.0 Å². The van der Waals surface area contributed by atoms with Gasteiger partial charge in [-0.05, 0) is 18.8 Å². The van der Waals surface area contributed by atoms with Crippen LogP contribution >= 0.6 is 0 Å². The first-order chi connectivity index (χ1) is 5.30. The summed E-state index contributed by atoms with van der Waals surface area (Å²) < 4.78 is 0. The van der Waals surface area contributed by atoms with Crippen LogP contribution < -0.4 is 0 Å². The van der Waals surface area contributed by atoms with Crippen molar-refractivity contribution in [3.63, 3.8) is 0 Å². The van der Waals surface area contributed by atoms with Crippen LogP contribution in [0.25, 0.3) is 0 Å². The quantitative estimate of drug-likeness (QED) is 0.647. The minimum Gasteiger partial charge on any atom is -0.478 e. The summed E-state index contributed by atoms with van der Waals surface area (Å²) in [7, 11) is 0. The Morgan fingerprint density at radius 2 is 1.75 bits per heavy atom. The van der Waals surface area contributed by atoms with Gasteiger partial charge in [0.15, 0.2) is 0 Å². The second-order valence-corrected chi connectivity index (χ2v) is 4.01. The molecule has 0 fully saturated rings. The highest BCUT2D eigenvalue weighted by Gasteiger charge is 2.19. The van der Waals surface area contributed by atoms with Crippen LogP contribution in [0.1, 0.15) is 41.0 Å². The van der Waals surface area contributed by atoms with E-state index >= 15 is 0 Å². The van der Waals surface area contributed by atoms with Crippen LogP contribution in [0.2, 0.25) is 0 Å². The first-order valence-electron chi connectivity index (χ1n) is 4.24. The molecule has 0 bridgehead atoms. The van der Waals surface area contributed by atoms with E-state index < -0.39 is 5.97 Å². The van der Waals surface area contributed by atoms with E-state index in [1.54, 1.807) is 0 Å². The topological polar surface area (TPSA) is 37.3 Å². The largest absolute Gasteiger partial charge is 0.478 e. The number of hydrogen-bond donors (Lipinski definition) is 1. The summed E-state index contributed by atoms with van der Waals surface area (Å²) in [6.07, 6.45) is 0.596. The van der Waals surface area contributed by atoms with E-state index in [0.717, 1.165) is 5.57 Å². The molecule has 0 aromatic rings. The Labute approximate surface area is 74.3 Å². The minimum absolute atomic E-state index is 0.0380. The van der Waals surface area contributed by atoms with Gasteiger partial charge in [0.1, 0.15) is 0 Å². The van der Waals surface area contributed by atoms with Crippen molar-refractivity contribution in [2.75, 3.05) is 0 Å². The molecule has 0 atom stereocenters. The monoisotopic (exact) mass is 170 g/mol. The number of carboxylic acids is 1. The van der Waals surface area contributed by atoms with Gasteiger partial charge in [-0.25, -0.2) is 4.79 Å². The lowest BCUT2D eigenvalue weighted by Gasteiger charge is -2.21. The molecule has 2 nitrogen and oxygen atoms in total. The van der Waals surface area contributed by atoms with Gasteiger partial charge in [0.2, 0.25) is 0 Å². The number of carbonyl (C=O) groups is 1. The van der Waals surface area contributed by atoms with Crippen LogP contribution in [-0.4, -0.2) is 11.1 Å². The van der Waals surface area contributed by atoms with Crippen molar-refractivity contribution >= 4 is 5.97 Å². The van der Waals surface area contributed by atoms with Gasteiger partial charge in [-0.15, -0.1) is 0 Å². The van der Waals surface area contributed by atoms with Crippen LogP contribution in [0.5, 0.6) is 0 Å². The average Bonchev–Trinajstić information content (AvgIpc) is 1.86. The van der Waals surface area contributed by atoms with Gasteiger partial charge >= 0.3 is 5.97 Å². The maximum absolute atomic E-state index is 10.8. The molecule has 12 heavy (non-hydrogen) atoms. The van der Waals surface area contributed by atoms with Crippen LogP contribution in [0.4, 0.5) is 0 Å². The minimum atomic E-state index is -0.787. The Balaban J connectivity index is 4.99. The fourth-order valence-corrected chi connectivity index (χ4v) is 1.03. The molecular formula is C10H18O2. The van der Waals surface area contributed by atoms with E-state index in [1.165, 1.54) is 0 Å². The lowest BCUT2D eigenvalue weighted by Crippen LogP contribution is -2.13. The van der Waals surface area contributed by atoms with Gasteiger partial charge in [0.25, 0.3) is 0 Å². The second-order valence-electron chi connectivity index (χ2n) is 4.01. The lowest BCUT2D eigenvalue weighted by atomic mass is 9.84. The van der Waals surface area contributed by atoms with E-state index in [9.17, 15) is 4.79 Å². The molecule has 0 saturated heterocycles. The third kappa shape index (κ3) is 2.68. The molecule has 0 rings (SSSR count). The predicted octanol–water partition coefficient (Wildman–Crippen LogP) is 2.84. The lowest BCUT2D eigenvalue weighted by molar-refractivity contribution is -0.132. The molecule has 0 unspecified atom stereocenters. The molecule has 0 aromatic heterocycles. The molecule has 2 heteroatoms. The number of aliphatic carboxylic acids is 1. The smallest absolute Gasteiger partial charge is 0.331 e. The Hall–Kier alpha value is -0.790. The van der Waals surface area contributed by atoms with Crippen molar-refractivity contribution in [2.24, 2.45) is 5.41 Å². The van der Waals surface area contributed by atoms with Crippen LogP contribution in [0.3, 0.4) is 0 Å². The zero-order chi connectivity index (χ0) is 9.94. The molecule has 0 aliphatic heterocycles. The van der Waals surface area contributed by atoms with Gasteiger partial charge in [-0.3, -0.25) is 0 Å². The Bertz CT molecular complexity index is 206. The highest BCUT2D eigenvalue weighted by molar-refractivity contribution is 5.87. The molecule has 70 valence electrons. The van der Waals surface area contributed by atoms with Crippen molar-refractivity contribution in [3.8, 4) is 0 Å². The van der Waals surface area contributed by atoms with E-state index in [2.05, 4.69) is 0 Å². The van der Waals surface area contributed by atoms with Gasteiger partial charge in [0.05, 0.1) is 0 Å². The van der Waals surface area contributed by atoms with Crippen molar-refractivity contribution in [3.05, 3.63) is 11.1 Å². The molecular weight excluding hydrogens is 152 g/mol. The van der Waals surface area contributed by atoms with Crippen molar-refractivity contribution < 1.29 is 9.90 Å². The Morgan fingerprint density at radius 1 is 1.33 bits per heavy atom. The first kappa shape index (κ1) is 11.2. The Kier molecular flexibility index (Phi) is 3.50. The average molecular weight is 170 g/mol. The van der Waals surface area contributed by atoms with Crippen LogP contribution in [0.15, 0.2) is 11.1 Å². The van der Waals surface area contributed by atoms with Gasteiger partial charge in [-0.2, -0.15) is 0 Å². The summed E-state index contributed by atoms with van der Waals surface area (Å²) in [5.41, 5.74) is 1.48. The number of hydrogen-bond acceptors (Lipinski definition) is 1. The molecule has 0 spiro atoms. The van der Waals surface area contributed by atoms with Crippen LogP contribution in [-0.2, 0) is 4.79 Å². The van der Waals surface area contributed by atoms with E-state index in [1.807, 2.05) is 34.6 Å². The zero-order valence-corrected chi connectivity index (χ0v) is 8.56. The van der Waals surface area contributed by atoms with Crippen LogP contribution in [0, 0.1) is 5.41 Å². The molecule has 0 aliphatic rings. The summed E-state index contributed by atoms with van der Waals surface area (Å²) in [4.78, 5) is 10.8. The van der Waals surface area contributed by atoms with Gasteiger partial charge < -0.3 is 5.11 Å². The molecule has 0 saturated carbocycles. The maximum Gasteiger partial charge on any atom is 0.331 e. The fourth-order valence-electron chi connectivity index (χ4n) is 1.03.